The van der Waals surface area contributed by atoms with E-state index in [0.29, 0.717) is 22.7 Å². The number of piperidine rings is 1. The molecule has 3 aromatic rings. The number of benzene rings is 2. The molecule has 0 spiro atoms. The van der Waals surface area contributed by atoms with E-state index in [-0.39, 0.29) is 70.6 Å². The Balaban J connectivity index is 0.00000106. The summed E-state index contributed by atoms with van der Waals surface area (Å²) in [7, 11) is 2.80. The molecule has 52 heavy (non-hydrogen) atoms. The van der Waals surface area contributed by atoms with Gasteiger partial charge in [-0.05, 0) is 61.7 Å². The number of hydrogen-bond donors (Lipinski definition) is 1. The molecule has 1 aromatic heterocycles. The number of hydrogen-bond acceptors (Lipinski definition) is 5. The fraction of sp³-hybridized carbons (Fsp3) is 0.436. The smallest absolute Gasteiger partial charge is 0.496 e. The normalized spacial score (nSPS) is 15.8. The number of halogens is 5. The zero-order valence-electron chi connectivity index (χ0n) is 30.7. The number of carboxylic acids is 1. The maximum Gasteiger partial charge on any atom is 1.00 e. The summed E-state index contributed by atoms with van der Waals surface area (Å²) >= 11 is 0. The van der Waals surface area contributed by atoms with Crippen LogP contribution in [0.4, 0.5) is 22.0 Å². The molecule has 1 unspecified atom stereocenters. The Morgan fingerprint density at radius 1 is 1.06 bits per heavy atom. The number of fused-ring (bicyclic) bond motifs is 1. The molecule has 2 aromatic carbocycles. The van der Waals surface area contributed by atoms with Gasteiger partial charge >= 0.3 is 24.8 Å². The molecule has 280 valence electrons. The van der Waals surface area contributed by atoms with Crippen LogP contribution in [0.25, 0.3) is 22.0 Å². The Morgan fingerprint density at radius 2 is 1.63 bits per heavy atom. The molecule has 4 rings (SSSR count). The Kier molecular flexibility index (Phi) is 15.8. The molecule has 13 heteroatoms. The first-order valence-electron chi connectivity index (χ1n) is 16.6. The van der Waals surface area contributed by atoms with Gasteiger partial charge in [-0.15, -0.1) is 18.5 Å². The van der Waals surface area contributed by atoms with E-state index in [4.69, 9.17) is 4.74 Å². The number of rotatable bonds is 13. The summed E-state index contributed by atoms with van der Waals surface area (Å²) in [4.78, 5) is 33.9. The van der Waals surface area contributed by atoms with E-state index >= 15 is 8.78 Å². The fourth-order valence-electron chi connectivity index (χ4n) is 6.35. The number of methoxy groups -OCH3 is 1. The summed E-state index contributed by atoms with van der Waals surface area (Å²) in [6.45, 7) is 16.2. The third-order valence-electron chi connectivity index (χ3n) is 9.39. The van der Waals surface area contributed by atoms with Crippen molar-refractivity contribution in [3.8, 4) is 17.0 Å². The third kappa shape index (κ3) is 9.88. The van der Waals surface area contributed by atoms with Crippen molar-refractivity contribution in [3.05, 3.63) is 92.7 Å². The van der Waals surface area contributed by atoms with E-state index in [0.717, 1.165) is 21.2 Å². The van der Waals surface area contributed by atoms with E-state index in [1.807, 2.05) is 24.3 Å². The molecule has 1 fully saturated rings. The number of nitrogens with zero attached hydrogens (tertiary/aromatic N) is 3. The van der Waals surface area contributed by atoms with Crippen molar-refractivity contribution < 1.29 is 60.2 Å². The largest absolute Gasteiger partial charge is 1.00 e. The molecule has 2 atom stereocenters. The first-order valence-corrected chi connectivity index (χ1v) is 16.6. The minimum absolute atomic E-state index is 0. The Bertz CT molecular complexity index is 1690. The van der Waals surface area contributed by atoms with Crippen LogP contribution in [-0.4, -0.2) is 89.6 Å². The first-order chi connectivity index (χ1) is 23.8. The van der Waals surface area contributed by atoms with Crippen LogP contribution >= 0.6 is 0 Å². The van der Waals surface area contributed by atoms with Crippen LogP contribution in [0.15, 0.2) is 60.7 Å². The van der Waals surface area contributed by atoms with E-state index in [9.17, 15) is 27.9 Å². The van der Waals surface area contributed by atoms with Crippen molar-refractivity contribution >= 4 is 22.6 Å². The van der Waals surface area contributed by atoms with Gasteiger partial charge in [-0.2, -0.15) is 6.07 Å². The van der Waals surface area contributed by atoms with Crippen molar-refractivity contribution in [2.45, 2.75) is 70.0 Å². The third-order valence-corrected chi connectivity index (χ3v) is 9.39. The second kappa shape index (κ2) is 18.4. The van der Waals surface area contributed by atoms with E-state index in [1.54, 1.807) is 36.3 Å². The maximum absolute atomic E-state index is 15.9. The number of alkyl halides is 5. The predicted octanol–water partition coefficient (Wildman–Crippen LogP) is 5.27. The minimum Gasteiger partial charge on any atom is -0.496 e. The zero-order chi connectivity index (χ0) is 38.3. The second-order valence-corrected chi connectivity index (χ2v) is 13.0. The van der Waals surface area contributed by atoms with Gasteiger partial charge in [0.05, 0.1) is 7.11 Å². The predicted molar refractivity (Wildman–Crippen MR) is 189 cm³/mol. The average Bonchev–Trinajstić information content (AvgIpc) is 3.09. The van der Waals surface area contributed by atoms with Crippen LogP contribution in [0.2, 0.25) is 0 Å². The molecular weight excluding hydrogens is 676 g/mol. The number of carbonyl (C=O) groups excluding carboxylic acids is 1. The van der Waals surface area contributed by atoms with Gasteiger partial charge in [-0.3, -0.25) is 9.78 Å². The number of aliphatic carboxylic acids is 1. The van der Waals surface area contributed by atoms with E-state index < -0.39 is 46.9 Å². The van der Waals surface area contributed by atoms with E-state index in [1.165, 1.54) is 20.9 Å². The summed E-state index contributed by atoms with van der Waals surface area (Å²) in [6, 6.07) is 13.0. The molecule has 1 aliphatic heterocycles. The molecule has 0 saturated carbocycles. The van der Waals surface area contributed by atoms with E-state index in [2.05, 4.69) is 32.3 Å². The molecule has 0 aliphatic carbocycles. The quantitative estimate of drug-likeness (QED) is 0.112. The number of pyridine rings is 1. The second-order valence-electron chi connectivity index (χ2n) is 13.0. The Morgan fingerprint density at radius 3 is 2.13 bits per heavy atom. The number of aromatic nitrogens is 1. The average molecular weight is 724 g/mol. The van der Waals surface area contributed by atoms with Crippen LogP contribution < -0.4 is 23.6 Å². The number of likely N-dealkylation sites (N-methyl/N-ethyl adjacent to an activating group) is 1. The summed E-state index contributed by atoms with van der Waals surface area (Å²) in [5, 5.41) is 11.8. The van der Waals surface area contributed by atoms with Crippen molar-refractivity contribution in [1.29, 1.82) is 0 Å². The molecule has 1 amide bonds. The topological polar surface area (TPSA) is 83.0 Å². The van der Waals surface area contributed by atoms with Gasteiger partial charge in [-0.25, -0.2) is 33.7 Å². The SMILES string of the molecule is C=C(C)C(F)(F)C1(C(=O)N(C)[C@@H](Cc2cccc3c(-c4nc([CH2-])ccc4OC)cccc23)C(=O)O)CCN(CC(C)F)CC1.[CH2-]CC(F)(F)C[CH2-].[Li+]. The van der Waals surface area contributed by atoms with Gasteiger partial charge in [0.15, 0.2) is 5.92 Å². The van der Waals surface area contributed by atoms with Gasteiger partial charge < -0.3 is 33.5 Å². The minimum atomic E-state index is -3.60. The summed E-state index contributed by atoms with van der Waals surface area (Å²) < 4.78 is 74.4. The number of likely N-dealkylation sites (tertiary alicyclic amines) is 1. The van der Waals surface area contributed by atoms with Gasteiger partial charge in [0, 0.05) is 25.6 Å². The summed E-state index contributed by atoms with van der Waals surface area (Å²) in [5.74, 6) is -7.98. The Labute approximate surface area is 315 Å². The number of amides is 1. The number of carbonyl (C=O) groups is 2. The van der Waals surface area contributed by atoms with Crippen LogP contribution in [0.5, 0.6) is 5.75 Å². The molecular formula is C39H47F5LiN3O4-2. The number of ether oxygens (including phenoxy) is 1. The molecule has 1 aliphatic rings. The van der Waals surface area contributed by atoms with Crippen molar-refractivity contribution in [2.75, 3.05) is 33.8 Å². The summed E-state index contributed by atoms with van der Waals surface area (Å²) in [6.07, 6.45) is -2.50. The van der Waals surface area contributed by atoms with Crippen molar-refractivity contribution in [3.63, 3.8) is 0 Å². The molecule has 2 heterocycles. The summed E-state index contributed by atoms with van der Waals surface area (Å²) in [5.41, 5.74) is -0.195. The standard InChI is InChI=1S/C34H39F3N3O4.C5H8F2.Li/c1-21(2)34(36,37)33(15-17-40(18-16-33)20-22(3)35)32(43)39(5)28(31(41)42)19-24-9-7-11-26-25(24)10-8-12-27(26)30-29(44-6)14-13-23(4)38-30;1-3-5(6,7)4-2;/h7-14,22,28H,1,4,15-20H2,2-3,5-6H3,(H,41,42);1-4H2;/q-1;-2;+1/t22?,28-;;/m0../s1. The van der Waals surface area contributed by atoms with Gasteiger partial charge in [0.25, 0.3) is 5.92 Å². The molecule has 0 bridgehead atoms. The van der Waals surface area contributed by atoms with Gasteiger partial charge in [0.1, 0.15) is 29.1 Å². The Hall–Kier alpha value is -3.59. The maximum atomic E-state index is 15.9. The van der Waals surface area contributed by atoms with Crippen LogP contribution in [0.1, 0.15) is 50.8 Å². The fourth-order valence-corrected chi connectivity index (χ4v) is 6.35. The molecule has 0 radical (unpaired) electrons. The molecule has 1 N–H and O–H groups in total. The van der Waals surface area contributed by atoms with Crippen LogP contribution in [-0.2, 0) is 16.0 Å². The monoisotopic (exact) mass is 723 g/mol. The van der Waals surface area contributed by atoms with Crippen molar-refractivity contribution in [2.24, 2.45) is 5.41 Å². The number of carboxylic acid groups (broad SMARTS) is 1. The van der Waals surface area contributed by atoms with Gasteiger partial charge in [-0.1, -0.05) is 49.0 Å². The first kappa shape index (κ1) is 44.6. The molecule has 1 saturated heterocycles. The number of allylic oxidation sites excluding steroid dienone is 1. The zero-order valence-corrected chi connectivity index (χ0v) is 30.7. The van der Waals surface area contributed by atoms with Crippen molar-refractivity contribution in [1.82, 2.24) is 14.8 Å². The van der Waals surface area contributed by atoms with Crippen LogP contribution in [0.3, 0.4) is 0 Å². The van der Waals surface area contributed by atoms with Gasteiger partial charge in [0.2, 0.25) is 5.91 Å². The molecule has 7 nitrogen and oxygen atoms in total. The van der Waals surface area contributed by atoms with Crippen LogP contribution in [0, 0.1) is 26.2 Å².